The maximum Gasteiger partial charge on any atom is 0.246 e. The molecular weight excluding hydrogens is 700 g/mol. The number of sulfone groups is 1. The number of halogens is 1. The maximum atomic E-state index is 14.7. The Morgan fingerprint density at radius 2 is 1.83 bits per heavy atom. The Morgan fingerprint density at radius 3 is 2.60 bits per heavy atom. The summed E-state index contributed by atoms with van der Waals surface area (Å²) in [6.45, 7) is 9.09. The number of piperidine rings is 1. The molecule has 15 heteroatoms. The first-order chi connectivity index (χ1) is 25.7. The van der Waals surface area contributed by atoms with Crippen molar-refractivity contribution in [3.8, 4) is 0 Å². The number of hydrogen-bond acceptors (Lipinski definition) is 12. The fourth-order valence-electron chi connectivity index (χ4n) is 8.99. The van der Waals surface area contributed by atoms with Gasteiger partial charge < -0.3 is 29.5 Å². The van der Waals surface area contributed by atoms with Gasteiger partial charge in [-0.2, -0.15) is 4.98 Å². The molecule has 13 nitrogen and oxygen atoms in total. The number of likely N-dealkylation sites (tertiary alicyclic amines) is 1. The molecule has 5 fully saturated rings. The van der Waals surface area contributed by atoms with Gasteiger partial charge in [0.2, 0.25) is 11.9 Å². The first-order valence-electron chi connectivity index (χ1n) is 18.9. The molecule has 0 spiro atoms. The lowest BCUT2D eigenvalue weighted by atomic mass is 9.91. The Labute approximate surface area is 310 Å². The highest BCUT2D eigenvalue weighted by atomic mass is 32.2. The number of benzene rings is 1. The number of carbonyl (C=O) groups excluding carboxylic acids is 1. The highest BCUT2D eigenvalue weighted by molar-refractivity contribution is 7.92. The van der Waals surface area contributed by atoms with E-state index in [0.29, 0.717) is 69.3 Å². The van der Waals surface area contributed by atoms with Crippen molar-refractivity contribution in [3.63, 3.8) is 0 Å². The molecule has 1 N–H and O–H groups in total. The Kier molecular flexibility index (Phi) is 10.3. The Bertz CT molecular complexity index is 1940. The molecule has 1 amide bonds. The number of amides is 1. The van der Waals surface area contributed by atoms with Crippen molar-refractivity contribution in [2.75, 3.05) is 87.0 Å². The molecule has 5 aliphatic heterocycles. The van der Waals surface area contributed by atoms with Crippen molar-refractivity contribution in [2.24, 2.45) is 5.92 Å². The number of nitrogens with one attached hydrogen (secondary N) is 1. The lowest BCUT2D eigenvalue weighted by Crippen LogP contribution is -2.61. The van der Waals surface area contributed by atoms with Crippen LogP contribution in [0.25, 0.3) is 10.8 Å². The molecule has 8 rings (SSSR count). The number of hydrogen-bond donors (Lipinski definition) is 1. The molecule has 53 heavy (non-hydrogen) atoms. The molecule has 284 valence electrons. The number of nitrogens with zero attached hydrogens (tertiary/aromatic N) is 7. The third kappa shape index (κ3) is 7.20. The number of ether oxygens (including phenoxy) is 2. The van der Waals surface area contributed by atoms with E-state index in [1.54, 1.807) is 12.3 Å². The molecule has 4 atom stereocenters. The lowest BCUT2D eigenvalue weighted by Gasteiger charge is -2.48. The highest BCUT2D eigenvalue weighted by Gasteiger charge is 2.45. The third-order valence-corrected chi connectivity index (χ3v) is 14.2. The topological polar surface area (TPSA) is 133 Å². The number of fused-ring (bicyclic) bond motifs is 1. The van der Waals surface area contributed by atoms with Crippen molar-refractivity contribution in [2.45, 2.75) is 61.7 Å². The van der Waals surface area contributed by atoms with Gasteiger partial charge in [-0.15, -0.1) is 0 Å². The zero-order chi connectivity index (χ0) is 36.7. The van der Waals surface area contributed by atoms with E-state index >= 15 is 0 Å². The van der Waals surface area contributed by atoms with Crippen molar-refractivity contribution >= 4 is 49.8 Å². The smallest absolute Gasteiger partial charge is 0.246 e. The second kappa shape index (κ2) is 15.1. The lowest BCUT2D eigenvalue weighted by molar-refractivity contribution is -0.126. The van der Waals surface area contributed by atoms with Gasteiger partial charge >= 0.3 is 0 Å². The van der Waals surface area contributed by atoms with Crippen LogP contribution >= 0.6 is 0 Å². The summed E-state index contributed by atoms with van der Waals surface area (Å²) in [6, 6.07) is 8.24. The molecule has 0 radical (unpaired) electrons. The van der Waals surface area contributed by atoms with Crippen molar-refractivity contribution in [1.29, 1.82) is 0 Å². The zero-order valence-electron chi connectivity index (χ0n) is 30.3. The van der Waals surface area contributed by atoms with Crippen molar-refractivity contribution < 1.29 is 27.1 Å². The van der Waals surface area contributed by atoms with Crippen LogP contribution in [0.5, 0.6) is 0 Å². The van der Waals surface area contributed by atoms with E-state index in [1.165, 1.54) is 13.2 Å². The molecule has 7 heterocycles. The van der Waals surface area contributed by atoms with Crippen LogP contribution in [0.4, 0.5) is 27.7 Å². The maximum absolute atomic E-state index is 14.7. The van der Waals surface area contributed by atoms with Gasteiger partial charge in [-0.1, -0.05) is 12.6 Å². The van der Waals surface area contributed by atoms with E-state index in [4.69, 9.17) is 19.4 Å². The highest BCUT2D eigenvalue weighted by Crippen LogP contribution is 2.42. The van der Waals surface area contributed by atoms with Gasteiger partial charge in [0, 0.05) is 95.0 Å². The summed E-state index contributed by atoms with van der Waals surface area (Å²) in [5.74, 6) is 1.70. The van der Waals surface area contributed by atoms with E-state index in [2.05, 4.69) is 38.8 Å². The number of alkyl halides is 1. The zero-order valence-corrected chi connectivity index (χ0v) is 31.1. The molecule has 0 unspecified atom stereocenters. The largest absolute Gasteiger partial charge is 0.381 e. The second-order valence-electron chi connectivity index (χ2n) is 15.0. The summed E-state index contributed by atoms with van der Waals surface area (Å²) in [6.07, 6.45) is 7.50. The van der Waals surface area contributed by atoms with Crippen LogP contribution in [0.2, 0.25) is 0 Å². The number of anilines is 4. The van der Waals surface area contributed by atoms with E-state index in [-0.39, 0.29) is 35.4 Å². The van der Waals surface area contributed by atoms with E-state index < -0.39 is 22.1 Å². The monoisotopic (exact) mass is 748 g/mol. The van der Waals surface area contributed by atoms with Crippen LogP contribution in [0.15, 0.2) is 49.3 Å². The van der Waals surface area contributed by atoms with Crippen LogP contribution in [0, 0.1) is 5.92 Å². The number of pyridine rings is 1. The van der Waals surface area contributed by atoms with Gasteiger partial charge in [0.05, 0.1) is 29.7 Å². The average molecular weight is 749 g/mol. The van der Waals surface area contributed by atoms with Crippen LogP contribution in [-0.4, -0.2) is 135 Å². The van der Waals surface area contributed by atoms with E-state index in [0.717, 1.165) is 60.9 Å². The summed E-state index contributed by atoms with van der Waals surface area (Å²) >= 11 is 0. The van der Waals surface area contributed by atoms with Gasteiger partial charge in [-0.05, 0) is 67.3 Å². The fourth-order valence-corrected chi connectivity index (χ4v) is 11.0. The second-order valence-corrected chi connectivity index (χ2v) is 17.3. The van der Waals surface area contributed by atoms with Gasteiger partial charge in [-0.3, -0.25) is 9.69 Å². The number of aromatic nitrogens is 3. The SMILES string of the molecule is C=CC(=O)N1CCC[C@H]1c1ccc(N2CC([C@H]3CN(C4CCOCC4)CCS3(=O)=O)C2)c2cnc(Nc3ccnc(N4CC[C@@H](OC)[C@@H](F)C4)n3)cc12. The molecule has 3 aromatic rings. The Balaban J connectivity index is 1.06. The third-order valence-electron chi connectivity index (χ3n) is 12.0. The predicted octanol–water partition coefficient (Wildman–Crippen LogP) is 3.90. The molecule has 0 aliphatic carbocycles. The average Bonchev–Trinajstić information content (AvgIpc) is 3.65. The molecular formula is C38H49FN8O5S. The minimum Gasteiger partial charge on any atom is -0.381 e. The standard InChI is InChI=1S/C38H49FN8O5S/c1-3-37(48)47-13-4-5-32(47)27-6-7-31(46-21-25(22-46)34-24-44(15-18-53(34,49)50)26-10-16-52-17-11-26)29-20-41-36(19-28(27)29)42-35-8-12-40-38(43-35)45-14-9-33(51-2)30(39)23-45/h3,6-8,12,19-20,25-26,30,32-34H,1,4-5,9-11,13-18,21-24H2,2H3,(H,40,41,42,43)/t30-,32-,33+,34+/m0/s1. The van der Waals surface area contributed by atoms with E-state index in [1.807, 2.05) is 22.1 Å². The summed E-state index contributed by atoms with van der Waals surface area (Å²) in [5.41, 5.74) is 2.03. The quantitative estimate of drug-likeness (QED) is 0.319. The molecule has 1 aromatic carbocycles. The first kappa shape index (κ1) is 36.1. The summed E-state index contributed by atoms with van der Waals surface area (Å²) in [4.78, 5) is 35.2. The van der Waals surface area contributed by atoms with Crippen LogP contribution in [0.1, 0.15) is 43.7 Å². The predicted molar refractivity (Wildman–Crippen MR) is 202 cm³/mol. The van der Waals surface area contributed by atoms with Crippen molar-refractivity contribution in [3.05, 3.63) is 54.9 Å². The molecule has 2 aromatic heterocycles. The first-order valence-corrected chi connectivity index (χ1v) is 20.6. The minimum atomic E-state index is -3.19. The number of methoxy groups -OCH3 is 1. The fraction of sp³-hybridized carbons (Fsp3) is 0.579. The summed E-state index contributed by atoms with van der Waals surface area (Å²) in [5, 5.41) is 4.86. The molecule has 0 bridgehead atoms. The number of rotatable bonds is 9. The van der Waals surface area contributed by atoms with Crippen molar-refractivity contribution in [1.82, 2.24) is 24.8 Å². The van der Waals surface area contributed by atoms with Crippen LogP contribution in [0.3, 0.4) is 0 Å². The van der Waals surface area contributed by atoms with Gasteiger partial charge in [-0.25, -0.2) is 22.8 Å². The summed E-state index contributed by atoms with van der Waals surface area (Å²) in [7, 11) is -1.66. The van der Waals surface area contributed by atoms with Gasteiger partial charge in [0.15, 0.2) is 9.84 Å². The van der Waals surface area contributed by atoms with Gasteiger partial charge in [0.25, 0.3) is 0 Å². The van der Waals surface area contributed by atoms with Crippen LogP contribution < -0.4 is 15.1 Å². The molecule has 5 aliphatic rings. The summed E-state index contributed by atoms with van der Waals surface area (Å²) < 4.78 is 52.3. The Morgan fingerprint density at radius 1 is 1.00 bits per heavy atom. The molecule has 0 saturated carbocycles. The van der Waals surface area contributed by atoms with Crippen LogP contribution in [-0.2, 0) is 24.1 Å². The Hall–Kier alpha value is -3.92. The normalized spacial score (nSPS) is 27.2. The number of carbonyl (C=O) groups is 1. The van der Waals surface area contributed by atoms with Gasteiger partial charge in [0.1, 0.15) is 17.8 Å². The van der Waals surface area contributed by atoms with E-state index in [9.17, 15) is 17.6 Å². The molecule has 5 saturated heterocycles. The minimum absolute atomic E-state index is 0.0433.